The molecule has 0 radical (unpaired) electrons. The Morgan fingerprint density at radius 2 is 2.08 bits per heavy atom. The van der Waals surface area contributed by atoms with Gasteiger partial charge in [-0.15, -0.1) is 23.1 Å². The summed E-state index contributed by atoms with van der Waals surface area (Å²) in [6.45, 7) is 1.89. The van der Waals surface area contributed by atoms with Gasteiger partial charge in [0.15, 0.2) is 5.13 Å². The van der Waals surface area contributed by atoms with Gasteiger partial charge in [-0.1, -0.05) is 11.8 Å². The summed E-state index contributed by atoms with van der Waals surface area (Å²) in [7, 11) is 0. The number of nitrogens with one attached hydrogen (secondary N) is 1. The molecule has 2 aromatic rings. The lowest BCUT2D eigenvalue weighted by atomic mass is 10.1. The van der Waals surface area contributed by atoms with E-state index in [1.54, 1.807) is 6.20 Å². The highest BCUT2D eigenvalue weighted by Crippen LogP contribution is 2.28. The Hall–Kier alpha value is -1.65. The SMILES string of the molecule is Cc1cnc(NC(=O)[C@H]2CSCN2C(=O)c2ccc(SC(F)F)cc2)s1. The van der Waals surface area contributed by atoms with E-state index >= 15 is 0 Å². The minimum absolute atomic E-state index is 0.275. The number of thiazole rings is 1. The lowest BCUT2D eigenvalue weighted by Gasteiger charge is -2.22. The second-order valence-corrected chi connectivity index (χ2v) is 8.76. The molecule has 5 nitrogen and oxygen atoms in total. The molecule has 0 unspecified atom stereocenters. The maximum absolute atomic E-state index is 12.7. The van der Waals surface area contributed by atoms with E-state index < -0.39 is 11.8 Å². The van der Waals surface area contributed by atoms with Gasteiger partial charge in [0, 0.05) is 27.3 Å². The second kappa shape index (κ2) is 8.36. The molecular formula is C16H15F2N3O2S3. The van der Waals surface area contributed by atoms with Crippen LogP contribution in [0.1, 0.15) is 15.2 Å². The minimum atomic E-state index is -2.51. The number of hydrogen-bond donors (Lipinski definition) is 1. The summed E-state index contributed by atoms with van der Waals surface area (Å²) in [5, 5.41) is 3.25. The average molecular weight is 416 g/mol. The zero-order valence-corrected chi connectivity index (χ0v) is 16.1. The van der Waals surface area contributed by atoms with Gasteiger partial charge < -0.3 is 10.2 Å². The van der Waals surface area contributed by atoms with Gasteiger partial charge >= 0.3 is 0 Å². The topological polar surface area (TPSA) is 62.3 Å². The van der Waals surface area contributed by atoms with E-state index in [4.69, 9.17) is 0 Å². The van der Waals surface area contributed by atoms with E-state index in [0.29, 0.717) is 39.0 Å². The Labute approximate surface area is 161 Å². The fourth-order valence-corrected chi connectivity index (χ4v) is 4.73. The molecule has 26 heavy (non-hydrogen) atoms. The maximum Gasteiger partial charge on any atom is 0.288 e. The predicted molar refractivity (Wildman–Crippen MR) is 101 cm³/mol. The van der Waals surface area contributed by atoms with Crippen LogP contribution >= 0.6 is 34.9 Å². The highest BCUT2D eigenvalue weighted by Gasteiger charge is 2.35. The van der Waals surface area contributed by atoms with Crippen LogP contribution in [-0.4, -0.2) is 45.1 Å². The molecule has 1 atom stereocenters. The number of hydrogen-bond acceptors (Lipinski definition) is 6. The van der Waals surface area contributed by atoms with Crippen molar-refractivity contribution in [3.05, 3.63) is 40.9 Å². The summed E-state index contributed by atoms with van der Waals surface area (Å²) in [6, 6.07) is 5.40. The lowest BCUT2D eigenvalue weighted by molar-refractivity contribution is -0.119. The molecule has 1 saturated heterocycles. The van der Waals surface area contributed by atoms with Gasteiger partial charge in [-0.3, -0.25) is 9.59 Å². The van der Waals surface area contributed by atoms with Crippen LogP contribution in [0.4, 0.5) is 13.9 Å². The molecule has 0 aliphatic carbocycles. The van der Waals surface area contributed by atoms with Crippen molar-refractivity contribution in [3.63, 3.8) is 0 Å². The van der Waals surface area contributed by atoms with E-state index in [2.05, 4.69) is 10.3 Å². The molecule has 10 heteroatoms. The van der Waals surface area contributed by atoms with Crippen molar-refractivity contribution in [2.45, 2.75) is 23.6 Å². The maximum atomic E-state index is 12.7. The second-order valence-electron chi connectivity index (χ2n) is 5.46. The number of nitrogens with zero attached hydrogens (tertiary/aromatic N) is 2. The molecule has 3 rings (SSSR count). The first-order valence-corrected chi connectivity index (χ1v) is 10.5. The van der Waals surface area contributed by atoms with Gasteiger partial charge in [0.1, 0.15) is 6.04 Å². The average Bonchev–Trinajstić information content (AvgIpc) is 3.23. The van der Waals surface area contributed by atoms with Crippen LogP contribution in [0.15, 0.2) is 35.4 Å². The molecule has 1 aliphatic rings. The summed E-state index contributed by atoms with van der Waals surface area (Å²) in [5.74, 6) is -2.17. The summed E-state index contributed by atoms with van der Waals surface area (Å²) in [5.41, 5.74) is 0.369. The van der Waals surface area contributed by atoms with Crippen LogP contribution in [0.3, 0.4) is 0 Å². The van der Waals surface area contributed by atoms with Gasteiger partial charge in [-0.05, 0) is 31.2 Å². The van der Waals surface area contributed by atoms with Crippen LogP contribution in [0.2, 0.25) is 0 Å². The lowest BCUT2D eigenvalue weighted by Crippen LogP contribution is -2.44. The Kier molecular flexibility index (Phi) is 6.15. The third kappa shape index (κ3) is 4.54. The van der Waals surface area contributed by atoms with Gasteiger partial charge in [0.05, 0.1) is 5.88 Å². The number of amides is 2. The predicted octanol–water partition coefficient (Wildman–Crippen LogP) is 3.92. The molecule has 0 bridgehead atoms. The van der Waals surface area contributed by atoms with Gasteiger partial charge in [0.2, 0.25) is 5.91 Å². The van der Waals surface area contributed by atoms with Crippen LogP contribution in [0.25, 0.3) is 0 Å². The fourth-order valence-electron chi connectivity index (χ4n) is 2.41. The van der Waals surface area contributed by atoms with E-state index in [9.17, 15) is 18.4 Å². The molecule has 0 spiro atoms. The van der Waals surface area contributed by atoms with Crippen LogP contribution < -0.4 is 5.32 Å². The number of aryl methyl sites for hydroxylation is 1. The third-order valence-electron chi connectivity index (χ3n) is 3.62. The molecule has 1 aromatic carbocycles. The summed E-state index contributed by atoms with van der Waals surface area (Å²) < 4.78 is 24.8. The summed E-state index contributed by atoms with van der Waals surface area (Å²) >= 11 is 3.29. The van der Waals surface area contributed by atoms with Gasteiger partial charge in [-0.25, -0.2) is 4.98 Å². The number of thioether (sulfide) groups is 2. The molecular weight excluding hydrogens is 400 g/mol. The number of aromatic nitrogens is 1. The number of rotatable bonds is 5. The number of anilines is 1. The number of carbonyl (C=O) groups excluding carboxylic acids is 2. The van der Waals surface area contributed by atoms with Crippen LogP contribution in [0.5, 0.6) is 0 Å². The molecule has 2 amide bonds. The van der Waals surface area contributed by atoms with E-state index in [0.717, 1.165) is 4.88 Å². The Morgan fingerprint density at radius 1 is 1.35 bits per heavy atom. The number of benzene rings is 1. The van der Waals surface area contributed by atoms with Crippen molar-refractivity contribution >= 4 is 51.8 Å². The normalized spacial score (nSPS) is 16.9. The van der Waals surface area contributed by atoms with E-state index in [-0.39, 0.29) is 11.8 Å². The zero-order chi connectivity index (χ0) is 18.7. The Balaban J connectivity index is 1.68. The number of halogens is 2. The highest BCUT2D eigenvalue weighted by atomic mass is 32.2. The van der Waals surface area contributed by atoms with Crippen molar-refractivity contribution in [2.24, 2.45) is 0 Å². The molecule has 1 fully saturated rings. The molecule has 2 heterocycles. The highest BCUT2D eigenvalue weighted by molar-refractivity contribution is 7.99. The first kappa shape index (κ1) is 19.1. The first-order valence-electron chi connectivity index (χ1n) is 7.61. The zero-order valence-electron chi connectivity index (χ0n) is 13.6. The van der Waals surface area contributed by atoms with Crippen LogP contribution in [-0.2, 0) is 4.79 Å². The third-order valence-corrected chi connectivity index (χ3v) is 6.19. The molecule has 138 valence electrons. The van der Waals surface area contributed by atoms with Crippen molar-refractivity contribution in [3.8, 4) is 0 Å². The minimum Gasteiger partial charge on any atom is -0.316 e. The van der Waals surface area contributed by atoms with Crippen molar-refractivity contribution in [2.75, 3.05) is 16.9 Å². The largest absolute Gasteiger partial charge is 0.316 e. The molecule has 1 aromatic heterocycles. The number of carbonyl (C=O) groups is 2. The Bertz CT molecular complexity index is 798. The first-order chi connectivity index (χ1) is 12.4. The van der Waals surface area contributed by atoms with Crippen molar-refractivity contribution < 1.29 is 18.4 Å². The van der Waals surface area contributed by atoms with E-state index in [1.165, 1.54) is 52.3 Å². The summed E-state index contributed by atoms with van der Waals surface area (Å²) in [4.78, 5) is 32.2. The van der Waals surface area contributed by atoms with E-state index in [1.807, 2.05) is 6.92 Å². The smallest absolute Gasteiger partial charge is 0.288 e. The van der Waals surface area contributed by atoms with Crippen LogP contribution in [0, 0.1) is 6.92 Å². The fraction of sp³-hybridized carbons (Fsp3) is 0.312. The number of alkyl halides is 2. The van der Waals surface area contributed by atoms with Gasteiger partial charge in [0.25, 0.3) is 11.7 Å². The molecule has 1 aliphatic heterocycles. The molecule has 1 N–H and O–H groups in total. The Morgan fingerprint density at radius 3 is 2.69 bits per heavy atom. The molecule has 0 saturated carbocycles. The summed E-state index contributed by atoms with van der Waals surface area (Å²) in [6.07, 6.45) is 1.67. The quantitative estimate of drug-likeness (QED) is 0.750. The van der Waals surface area contributed by atoms with Crippen molar-refractivity contribution in [1.82, 2.24) is 9.88 Å². The van der Waals surface area contributed by atoms with Gasteiger partial charge in [-0.2, -0.15) is 8.78 Å². The monoisotopic (exact) mass is 415 g/mol. The van der Waals surface area contributed by atoms with Crippen molar-refractivity contribution in [1.29, 1.82) is 0 Å². The standard InChI is InChI=1S/C16H15F2N3O2S3/c1-9-6-19-16(25-9)20-13(22)12-7-24-8-21(12)14(23)10-2-4-11(5-3-10)26-15(17)18/h2-6,12,15H,7-8H2,1H3,(H,19,20,22)/t12-/m1/s1.